The van der Waals surface area contributed by atoms with Crippen molar-refractivity contribution in [2.75, 3.05) is 5.32 Å². The predicted octanol–water partition coefficient (Wildman–Crippen LogP) is 7.60. The van der Waals surface area contributed by atoms with E-state index in [1.807, 2.05) is 61.0 Å². The van der Waals surface area contributed by atoms with E-state index in [4.69, 9.17) is 4.98 Å². The number of rotatable bonds is 7. The molecule has 0 aliphatic carbocycles. The maximum atomic E-state index is 13.3. The Balaban J connectivity index is 1.40. The lowest BCUT2D eigenvalue weighted by Gasteiger charge is -2.15. The van der Waals surface area contributed by atoms with E-state index in [2.05, 4.69) is 41.4 Å². The van der Waals surface area contributed by atoms with Crippen LogP contribution in [0, 0.1) is 0 Å². The number of imidazole rings is 1. The zero-order valence-electron chi connectivity index (χ0n) is 21.7. The zero-order valence-corrected chi connectivity index (χ0v) is 21.7. The Hall–Kier alpha value is -4.14. The summed E-state index contributed by atoms with van der Waals surface area (Å²) in [4.78, 5) is 8.74. The molecule has 38 heavy (non-hydrogen) atoms. The average Bonchev–Trinajstić information content (AvgIpc) is 3.55. The molecule has 0 saturated heterocycles. The molecule has 0 radical (unpaired) electrons. The fourth-order valence-corrected chi connectivity index (χ4v) is 4.51. The van der Waals surface area contributed by atoms with Crippen LogP contribution in [0.25, 0.3) is 28.2 Å². The molecule has 0 aliphatic heterocycles. The van der Waals surface area contributed by atoms with Gasteiger partial charge in [0.25, 0.3) is 0 Å². The Morgan fingerprint density at radius 3 is 2.32 bits per heavy atom. The number of aromatic nitrogens is 5. The number of hydrogen-bond donors (Lipinski definition) is 1. The highest BCUT2D eigenvalue weighted by Gasteiger charge is 2.35. The maximum Gasteiger partial charge on any atom is 0.434 e. The zero-order chi connectivity index (χ0) is 27.0. The van der Waals surface area contributed by atoms with Crippen LogP contribution in [0.1, 0.15) is 56.5 Å². The molecule has 6 nitrogen and oxygen atoms in total. The fraction of sp³-hybridized carbons (Fsp3) is 0.276. The summed E-state index contributed by atoms with van der Waals surface area (Å²) in [6.07, 6.45) is -1.53. The lowest BCUT2D eigenvalue weighted by Crippen LogP contribution is -2.08. The summed E-state index contributed by atoms with van der Waals surface area (Å²) in [7, 11) is 0. The van der Waals surface area contributed by atoms with Crippen LogP contribution in [0.5, 0.6) is 0 Å². The van der Waals surface area contributed by atoms with Crippen LogP contribution in [0.3, 0.4) is 0 Å². The smallest absolute Gasteiger partial charge is 0.349 e. The van der Waals surface area contributed by atoms with E-state index < -0.39 is 11.9 Å². The molecule has 2 aromatic carbocycles. The van der Waals surface area contributed by atoms with Crippen molar-refractivity contribution in [3.63, 3.8) is 0 Å². The van der Waals surface area contributed by atoms with Gasteiger partial charge in [-0.3, -0.25) is 0 Å². The topological polar surface area (TPSA) is 60.0 Å². The van der Waals surface area contributed by atoms with Crippen LogP contribution in [-0.4, -0.2) is 24.1 Å². The van der Waals surface area contributed by atoms with Gasteiger partial charge >= 0.3 is 6.18 Å². The molecule has 5 rings (SSSR count). The highest BCUT2D eigenvalue weighted by molar-refractivity contribution is 5.79. The molecule has 0 unspecified atom stereocenters. The number of anilines is 1. The van der Waals surface area contributed by atoms with E-state index in [0.29, 0.717) is 29.8 Å². The van der Waals surface area contributed by atoms with Crippen LogP contribution < -0.4 is 5.32 Å². The first-order valence-corrected chi connectivity index (χ1v) is 12.6. The number of benzene rings is 2. The van der Waals surface area contributed by atoms with Gasteiger partial charge in [-0.05, 0) is 43.0 Å². The summed E-state index contributed by atoms with van der Waals surface area (Å²) in [5.41, 5.74) is 4.73. The highest BCUT2D eigenvalue weighted by Crippen LogP contribution is 2.33. The summed E-state index contributed by atoms with van der Waals surface area (Å²) in [5.74, 6) is 1.11. The number of halogens is 3. The Labute approximate surface area is 219 Å². The molecule has 0 amide bonds. The third-order valence-corrected chi connectivity index (χ3v) is 6.47. The van der Waals surface area contributed by atoms with Gasteiger partial charge in [-0.25, -0.2) is 14.5 Å². The van der Waals surface area contributed by atoms with Crippen molar-refractivity contribution in [1.29, 1.82) is 0 Å². The van der Waals surface area contributed by atoms with Crippen molar-refractivity contribution in [2.45, 2.75) is 52.4 Å². The van der Waals surface area contributed by atoms with E-state index in [1.54, 1.807) is 16.7 Å². The number of nitrogens with zero attached hydrogens (tertiary/aromatic N) is 5. The molecular weight excluding hydrogens is 489 g/mol. The van der Waals surface area contributed by atoms with Crippen molar-refractivity contribution in [3.8, 4) is 22.6 Å². The highest BCUT2D eigenvalue weighted by atomic mass is 19.4. The van der Waals surface area contributed by atoms with Crippen molar-refractivity contribution in [2.24, 2.45) is 0 Å². The van der Waals surface area contributed by atoms with E-state index in [-0.39, 0.29) is 6.04 Å². The van der Waals surface area contributed by atoms with Crippen molar-refractivity contribution >= 4 is 11.5 Å². The molecule has 0 spiro atoms. The summed E-state index contributed by atoms with van der Waals surface area (Å²) in [6.45, 7) is 8.44. The van der Waals surface area contributed by atoms with Gasteiger partial charge in [0.1, 0.15) is 11.5 Å². The van der Waals surface area contributed by atoms with E-state index in [1.165, 1.54) is 5.56 Å². The summed E-state index contributed by atoms with van der Waals surface area (Å²) < 4.78 is 43.2. The first-order chi connectivity index (χ1) is 18.1. The maximum absolute atomic E-state index is 13.3. The minimum atomic E-state index is -4.49. The molecule has 3 aromatic heterocycles. The van der Waals surface area contributed by atoms with Crippen molar-refractivity contribution in [3.05, 3.63) is 89.9 Å². The second-order valence-electron chi connectivity index (χ2n) is 9.86. The SMILES string of the molecule is CC(C)c1ccccc1-c1nc(NCc2ccc(-c3nc(C(F)(F)F)cn3C(C)C)cc2)nn2cccc12. The molecule has 3 heterocycles. The summed E-state index contributed by atoms with van der Waals surface area (Å²) in [5, 5.41) is 7.91. The number of nitrogens with one attached hydrogen (secondary N) is 1. The largest absolute Gasteiger partial charge is 0.434 e. The van der Waals surface area contributed by atoms with E-state index in [0.717, 1.165) is 28.5 Å². The molecule has 9 heteroatoms. The third kappa shape index (κ3) is 5.01. The Morgan fingerprint density at radius 2 is 1.63 bits per heavy atom. The Morgan fingerprint density at radius 1 is 0.895 bits per heavy atom. The fourth-order valence-electron chi connectivity index (χ4n) is 4.51. The molecule has 0 bridgehead atoms. The van der Waals surface area contributed by atoms with Crippen LogP contribution in [-0.2, 0) is 12.7 Å². The van der Waals surface area contributed by atoms with Crippen molar-refractivity contribution < 1.29 is 13.2 Å². The molecule has 0 fully saturated rings. The average molecular weight is 519 g/mol. The standard InChI is InChI=1S/C29H29F3N6/c1-18(2)22-8-5-6-9-23(22)26-24-10-7-15-38(24)36-28(35-26)33-16-20-11-13-21(14-12-20)27-34-25(29(30,31)32)17-37(27)19(3)4/h5-15,17-19H,16H2,1-4H3,(H,33,36). The van der Waals surface area contributed by atoms with Gasteiger partial charge in [-0.1, -0.05) is 62.4 Å². The lowest BCUT2D eigenvalue weighted by atomic mass is 9.95. The normalized spacial score (nSPS) is 12.1. The van der Waals surface area contributed by atoms with Gasteiger partial charge in [-0.15, -0.1) is 5.10 Å². The summed E-state index contributed by atoms with van der Waals surface area (Å²) in [6, 6.07) is 19.4. The minimum Gasteiger partial charge on any atom is -0.349 e. The van der Waals surface area contributed by atoms with Gasteiger partial charge in [0.15, 0.2) is 5.69 Å². The molecular formula is C29H29F3N6. The van der Waals surface area contributed by atoms with E-state index in [9.17, 15) is 13.2 Å². The van der Waals surface area contributed by atoms with Gasteiger partial charge in [-0.2, -0.15) is 13.2 Å². The van der Waals surface area contributed by atoms with Crippen LogP contribution >= 0.6 is 0 Å². The molecule has 0 aliphatic rings. The molecule has 5 aromatic rings. The van der Waals surface area contributed by atoms with Crippen LogP contribution in [0.2, 0.25) is 0 Å². The number of alkyl halides is 3. The second kappa shape index (κ2) is 9.96. The molecule has 196 valence electrons. The van der Waals surface area contributed by atoms with Crippen LogP contribution in [0.15, 0.2) is 73.1 Å². The van der Waals surface area contributed by atoms with E-state index >= 15 is 0 Å². The van der Waals surface area contributed by atoms with Gasteiger partial charge in [0, 0.05) is 36.1 Å². The molecule has 1 N–H and O–H groups in total. The van der Waals surface area contributed by atoms with Crippen molar-refractivity contribution in [1.82, 2.24) is 24.1 Å². The number of fused-ring (bicyclic) bond motifs is 1. The first kappa shape index (κ1) is 25.5. The quantitative estimate of drug-likeness (QED) is 0.241. The minimum absolute atomic E-state index is 0.161. The number of hydrogen-bond acceptors (Lipinski definition) is 4. The molecule has 0 atom stereocenters. The lowest BCUT2D eigenvalue weighted by molar-refractivity contribution is -0.140. The van der Waals surface area contributed by atoms with Gasteiger partial charge in [0.2, 0.25) is 5.95 Å². The first-order valence-electron chi connectivity index (χ1n) is 12.6. The van der Waals surface area contributed by atoms with Gasteiger partial charge in [0.05, 0.1) is 5.52 Å². The van der Waals surface area contributed by atoms with Gasteiger partial charge < -0.3 is 9.88 Å². The summed E-state index contributed by atoms with van der Waals surface area (Å²) >= 11 is 0. The molecule has 0 saturated carbocycles. The monoisotopic (exact) mass is 518 g/mol. The Bertz CT molecular complexity index is 1560. The second-order valence-corrected chi connectivity index (χ2v) is 9.86. The van der Waals surface area contributed by atoms with Crippen LogP contribution in [0.4, 0.5) is 19.1 Å². The third-order valence-electron chi connectivity index (χ3n) is 6.47. The predicted molar refractivity (Wildman–Crippen MR) is 143 cm³/mol. The Kier molecular flexibility index (Phi) is 6.69.